The van der Waals surface area contributed by atoms with E-state index in [-0.39, 0.29) is 5.41 Å². The number of anilines is 1. The number of nitrogens with zero attached hydrogens (tertiary/aromatic N) is 2. The molecule has 0 unspecified atom stereocenters. The molecular formula is C24H31ClN2O5. The van der Waals surface area contributed by atoms with Gasteiger partial charge in [-0.3, -0.25) is 0 Å². The number of aromatic hydroxyl groups is 1. The topological polar surface area (TPSA) is 119 Å². The highest BCUT2D eigenvalue weighted by Gasteiger charge is 2.42. The van der Waals surface area contributed by atoms with Crippen LogP contribution < -0.4 is 23.5 Å². The Morgan fingerprint density at radius 2 is 1.59 bits per heavy atom. The summed E-state index contributed by atoms with van der Waals surface area (Å²) >= 11 is 0. The molecule has 1 aliphatic rings. The lowest BCUT2D eigenvalue weighted by Crippen LogP contribution is -2.68. The van der Waals surface area contributed by atoms with Gasteiger partial charge in [-0.1, -0.05) is 11.6 Å². The third-order valence-corrected chi connectivity index (χ3v) is 5.75. The molecule has 1 aliphatic heterocycles. The van der Waals surface area contributed by atoms with Crippen molar-refractivity contribution in [2.45, 2.75) is 40.0 Å². The van der Waals surface area contributed by atoms with E-state index in [2.05, 4.69) is 81.5 Å². The Kier molecular flexibility index (Phi) is 8.09. The Labute approximate surface area is 191 Å². The van der Waals surface area contributed by atoms with E-state index >= 15 is 0 Å². The second-order valence-electron chi connectivity index (χ2n) is 8.22. The van der Waals surface area contributed by atoms with Crippen molar-refractivity contribution in [3.63, 3.8) is 0 Å². The number of phenols is 1. The fourth-order valence-electron chi connectivity index (χ4n) is 4.08. The minimum Gasteiger partial charge on any atom is -0.507 e. The van der Waals surface area contributed by atoms with Crippen LogP contribution in [0.4, 0.5) is 11.4 Å². The van der Waals surface area contributed by atoms with E-state index in [9.17, 15) is 5.11 Å². The Morgan fingerprint density at radius 3 is 2.12 bits per heavy atom. The maximum atomic E-state index is 10.5. The lowest BCUT2D eigenvalue weighted by atomic mass is 9.81. The average Bonchev–Trinajstić information content (AvgIpc) is 2.86. The van der Waals surface area contributed by atoms with Crippen molar-refractivity contribution in [3.05, 3.63) is 59.2 Å². The first-order chi connectivity index (χ1) is 14.8. The van der Waals surface area contributed by atoms with E-state index in [0.29, 0.717) is 5.75 Å². The van der Waals surface area contributed by atoms with E-state index in [0.717, 1.165) is 24.3 Å². The van der Waals surface area contributed by atoms with Crippen molar-refractivity contribution in [3.8, 4) is 5.75 Å². The molecule has 3 rings (SSSR count). The van der Waals surface area contributed by atoms with Gasteiger partial charge in [0.2, 0.25) is 5.69 Å². The molecule has 0 aromatic heterocycles. The second-order valence-corrected chi connectivity index (χ2v) is 8.97. The second kappa shape index (κ2) is 10.0. The molecule has 1 N–H and O–H groups in total. The summed E-state index contributed by atoms with van der Waals surface area (Å²) in [6, 6.07) is 12.6. The number of hydrogen-bond donors (Lipinski definition) is 1. The van der Waals surface area contributed by atoms with E-state index in [4.69, 9.17) is 18.6 Å². The van der Waals surface area contributed by atoms with Gasteiger partial charge in [-0.25, -0.2) is 18.6 Å². The summed E-state index contributed by atoms with van der Waals surface area (Å²) in [5.41, 5.74) is 6.96. The average molecular weight is 463 g/mol. The maximum absolute atomic E-state index is 10.5. The molecule has 0 saturated heterocycles. The van der Waals surface area contributed by atoms with Gasteiger partial charge >= 0.3 is 0 Å². The van der Waals surface area contributed by atoms with Crippen molar-refractivity contribution in [2.75, 3.05) is 25.0 Å². The van der Waals surface area contributed by atoms with Gasteiger partial charge in [0.15, 0.2) is 5.71 Å². The van der Waals surface area contributed by atoms with Crippen LogP contribution in [0, 0.1) is 17.2 Å². The Morgan fingerprint density at radius 1 is 1.00 bits per heavy atom. The molecular weight excluding hydrogens is 432 g/mol. The summed E-state index contributed by atoms with van der Waals surface area (Å²) in [4.78, 5) is 2.23. The minimum atomic E-state index is -4.94. The molecule has 0 bridgehead atoms. The zero-order valence-corrected chi connectivity index (χ0v) is 20.1. The quantitative estimate of drug-likeness (QED) is 0.646. The molecule has 7 nitrogen and oxygen atoms in total. The van der Waals surface area contributed by atoms with Crippen molar-refractivity contribution in [1.29, 1.82) is 0 Å². The number of hydrogen-bond acceptors (Lipinski definition) is 6. The van der Waals surface area contributed by atoms with Crippen LogP contribution in [0.1, 0.15) is 44.4 Å². The lowest BCUT2D eigenvalue weighted by molar-refractivity contribution is -2.00. The summed E-state index contributed by atoms with van der Waals surface area (Å²) in [6.07, 6.45) is 4.16. The van der Waals surface area contributed by atoms with Gasteiger partial charge < -0.3 is 10.0 Å². The first kappa shape index (κ1) is 25.8. The zero-order valence-electron chi connectivity index (χ0n) is 19.4. The number of aryl methyl sites for hydroxylation is 1. The van der Waals surface area contributed by atoms with Gasteiger partial charge in [0, 0.05) is 48.1 Å². The molecule has 1 heterocycles. The van der Waals surface area contributed by atoms with Crippen LogP contribution in [0.2, 0.25) is 0 Å². The normalized spacial score (nSPS) is 14.9. The van der Waals surface area contributed by atoms with Gasteiger partial charge in [-0.2, -0.15) is 4.58 Å². The maximum Gasteiger partial charge on any atom is 0.209 e. The first-order valence-corrected chi connectivity index (χ1v) is 11.6. The van der Waals surface area contributed by atoms with Crippen LogP contribution in [0.25, 0.3) is 6.08 Å². The van der Waals surface area contributed by atoms with Crippen molar-refractivity contribution >= 4 is 23.2 Å². The highest BCUT2D eigenvalue weighted by atomic mass is 35.7. The fourth-order valence-corrected chi connectivity index (χ4v) is 4.08. The Hall–Kier alpha value is -2.42. The summed E-state index contributed by atoms with van der Waals surface area (Å²) in [5.74, 6) is 0.322. The molecule has 0 atom stereocenters. The SMILES string of the molecule is CCN(CC)c1ccc(C=CC2=[N+](C)c3ccc(C)cc3C2(C)C)c(O)c1.[O-][Cl+3]([O-])([O-])[O-]. The highest BCUT2D eigenvalue weighted by Crippen LogP contribution is 2.40. The molecule has 2 aromatic carbocycles. The molecule has 32 heavy (non-hydrogen) atoms. The van der Waals surface area contributed by atoms with Crippen LogP contribution in [-0.2, 0) is 5.41 Å². The number of halogens is 1. The molecule has 174 valence electrons. The van der Waals surface area contributed by atoms with Crippen LogP contribution in [0.3, 0.4) is 0 Å². The summed E-state index contributed by atoms with van der Waals surface area (Å²) < 4.78 is 36.2. The largest absolute Gasteiger partial charge is 0.507 e. The molecule has 2 aromatic rings. The van der Waals surface area contributed by atoms with Gasteiger partial charge in [0.1, 0.15) is 12.8 Å². The van der Waals surface area contributed by atoms with Gasteiger partial charge in [0.05, 0.1) is 5.41 Å². The van der Waals surface area contributed by atoms with Crippen LogP contribution in [0.15, 0.2) is 42.5 Å². The molecule has 0 aliphatic carbocycles. The molecule has 0 radical (unpaired) electrons. The molecule has 0 saturated carbocycles. The number of phenolic OH excluding ortho intramolecular Hbond substituents is 1. The predicted octanol–water partition coefficient (Wildman–Crippen LogP) is 0.510. The predicted molar refractivity (Wildman–Crippen MR) is 116 cm³/mol. The smallest absolute Gasteiger partial charge is 0.209 e. The van der Waals surface area contributed by atoms with E-state index in [1.54, 1.807) is 0 Å². The Bertz CT molecular complexity index is 1020. The third-order valence-electron chi connectivity index (χ3n) is 5.75. The number of fused-ring (bicyclic) bond motifs is 1. The molecule has 0 spiro atoms. The van der Waals surface area contributed by atoms with Crippen LogP contribution in [0.5, 0.6) is 5.75 Å². The van der Waals surface area contributed by atoms with Gasteiger partial charge in [-0.05, 0) is 58.9 Å². The monoisotopic (exact) mass is 462 g/mol. The summed E-state index contributed by atoms with van der Waals surface area (Å²) in [5, 5.41) is 10.5. The summed E-state index contributed by atoms with van der Waals surface area (Å²) in [6.45, 7) is 12.8. The van der Waals surface area contributed by atoms with E-state index in [1.807, 2.05) is 18.2 Å². The van der Waals surface area contributed by atoms with Gasteiger partial charge in [-0.15, -0.1) is 10.2 Å². The van der Waals surface area contributed by atoms with Crippen LogP contribution >= 0.6 is 0 Å². The van der Waals surface area contributed by atoms with E-state index in [1.165, 1.54) is 22.5 Å². The lowest BCUT2D eigenvalue weighted by Gasteiger charge is -2.21. The number of benzene rings is 2. The third kappa shape index (κ3) is 6.09. The fraction of sp³-hybridized carbons (Fsp3) is 0.375. The minimum absolute atomic E-state index is 0.0661. The molecule has 8 heteroatoms. The van der Waals surface area contributed by atoms with Crippen molar-refractivity contribution in [2.24, 2.45) is 0 Å². The van der Waals surface area contributed by atoms with E-state index < -0.39 is 10.2 Å². The number of allylic oxidation sites excluding steroid dienone is 1. The standard InChI is InChI=1S/C24H30N2O.ClHO4/c1-7-26(8-2)19-12-10-18(22(27)16-19)11-14-23-24(4,5)20-15-17(3)9-13-21(20)25(23)6;2-1(3,4)5/h9-16H,7-8H2,1-6H3;(H,2,3,4,5). The first-order valence-electron chi connectivity index (χ1n) is 10.4. The molecule has 0 fully saturated rings. The highest BCUT2D eigenvalue weighted by molar-refractivity contribution is 6.05. The van der Waals surface area contributed by atoms with Crippen molar-refractivity contribution < 1.29 is 38.6 Å². The van der Waals surface area contributed by atoms with Crippen molar-refractivity contribution in [1.82, 2.24) is 0 Å². The van der Waals surface area contributed by atoms with Gasteiger partial charge in [0.25, 0.3) is 0 Å². The number of rotatable bonds is 5. The zero-order chi connectivity index (χ0) is 24.3. The summed E-state index contributed by atoms with van der Waals surface area (Å²) in [7, 11) is -2.83. The molecule has 0 amide bonds. The Balaban J connectivity index is 0.000000654. The van der Waals surface area contributed by atoms with Crippen LogP contribution in [-0.4, -0.2) is 35.5 Å².